The molecule has 0 atom stereocenters. The Balaban J connectivity index is 2.13. The van der Waals surface area contributed by atoms with E-state index in [9.17, 15) is 4.79 Å². The van der Waals surface area contributed by atoms with Gasteiger partial charge in [-0.2, -0.15) is 5.10 Å². The zero-order chi connectivity index (χ0) is 22.0. The highest BCUT2D eigenvalue weighted by Gasteiger charge is 2.22. The maximum atomic E-state index is 15.2. The number of aryl methyl sites for hydroxylation is 2. The first kappa shape index (κ1) is 21.3. The maximum Gasteiger partial charge on any atom is 0.337 e. The van der Waals surface area contributed by atoms with Gasteiger partial charge in [-0.3, -0.25) is 4.68 Å². The van der Waals surface area contributed by atoms with Crippen molar-refractivity contribution in [3.63, 3.8) is 0 Å². The van der Waals surface area contributed by atoms with Crippen LogP contribution in [-0.2, 0) is 16.6 Å². The van der Waals surface area contributed by atoms with Gasteiger partial charge in [0.15, 0.2) is 0 Å². The number of rotatable bonds is 5. The largest absolute Gasteiger partial charge is 0.465 e. The molecule has 156 valence electrons. The minimum Gasteiger partial charge on any atom is -0.465 e. The molecule has 1 aromatic carbocycles. The van der Waals surface area contributed by atoms with Crippen LogP contribution < -0.4 is 0 Å². The fourth-order valence-electron chi connectivity index (χ4n) is 3.80. The van der Waals surface area contributed by atoms with E-state index in [0.29, 0.717) is 23.3 Å². The van der Waals surface area contributed by atoms with Crippen LogP contribution in [0.15, 0.2) is 66.3 Å². The van der Waals surface area contributed by atoms with Gasteiger partial charge in [-0.15, -0.1) is 0 Å². The van der Waals surface area contributed by atoms with Gasteiger partial charge in [0.2, 0.25) is 0 Å². The Bertz CT molecular complexity index is 1110. The zero-order valence-electron chi connectivity index (χ0n) is 18.0. The number of esters is 1. The molecule has 2 aromatic rings. The van der Waals surface area contributed by atoms with Crippen molar-refractivity contribution in [1.29, 1.82) is 0 Å². The lowest BCUT2D eigenvalue weighted by atomic mass is 9.91. The molecule has 0 aliphatic carbocycles. The molecule has 3 rings (SSSR count). The molecule has 0 spiro atoms. The minimum atomic E-state index is -0.423. The van der Waals surface area contributed by atoms with Crippen molar-refractivity contribution in [2.24, 2.45) is 7.05 Å². The smallest absolute Gasteiger partial charge is 0.337 e. The van der Waals surface area contributed by atoms with Crippen LogP contribution in [0.2, 0.25) is 0 Å². The average molecular weight is 407 g/mol. The summed E-state index contributed by atoms with van der Waals surface area (Å²) >= 11 is 0. The quantitative estimate of drug-likeness (QED) is 0.646. The summed E-state index contributed by atoms with van der Waals surface area (Å²) in [5.41, 5.74) is 5.81. The predicted octanol–water partition coefficient (Wildman–Crippen LogP) is 5.12. The molecule has 2 heterocycles. The number of ether oxygens (including phenoxy) is 1. The van der Waals surface area contributed by atoms with E-state index in [0.717, 1.165) is 28.1 Å². The van der Waals surface area contributed by atoms with E-state index in [1.807, 2.05) is 45.0 Å². The lowest BCUT2D eigenvalue weighted by Crippen LogP contribution is -2.19. The summed E-state index contributed by atoms with van der Waals surface area (Å²) in [7, 11) is 3.19. The van der Waals surface area contributed by atoms with Crippen LogP contribution in [0.3, 0.4) is 0 Å². The van der Waals surface area contributed by atoms with E-state index in [1.165, 1.54) is 13.2 Å². The van der Waals surface area contributed by atoms with Crippen molar-refractivity contribution in [3.8, 4) is 11.1 Å². The molecule has 0 radical (unpaired) electrons. The summed E-state index contributed by atoms with van der Waals surface area (Å²) in [6.07, 6.45) is 7.61. The molecule has 0 bridgehead atoms. The highest BCUT2D eigenvalue weighted by Crippen LogP contribution is 2.37. The summed E-state index contributed by atoms with van der Waals surface area (Å²) in [6.45, 7) is 9.91. The second-order valence-electron chi connectivity index (χ2n) is 7.15. The number of carbonyl (C=O) groups excluding carboxylic acids is 1. The van der Waals surface area contributed by atoms with Gasteiger partial charge < -0.3 is 9.64 Å². The topological polar surface area (TPSA) is 47.4 Å². The Morgan fingerprint density at radius 3 is 2.60 bits per heavy atom. The number of carbonyl (C=O) groups is 1. The normalized spacial score (nSPS) is 14.5. The first-order valence-electron chi connectivity index (χ1n) is 9.74. The third-order valence-corrected chi connectivity index (χ3v) is 5.23. The predicted molar refractivity (Wildman–Crippen MR) is 116 cm³/mol. The summed E-state index contributed by atoms with van der Waals surface area (Å²) in [5.74, 6) is -0.711. The van der Waals surface area contributed by atoms with Gasteiger partial charge in [0.1, 0.15) is 5.82 Å². The zero-order valence-corrected chi connectivity index (χ0v) is 18.0. The van der Waals surface area contributed by atoms with Crippen molar-refractivity contribution in [1.82, 2.24) is 14.7 Å². The lowest BCUT2D eigenvalue weighted by Gasteiger charge is -2.28. The monoisotopic (exact) mass is 407 g/mol. The van der Waals surface area contributed by atoms with Crippen molar-refractivity contribution in [3.05, 3.63) is 83.4 Å². The highest BCUT2D eigenvalue weighted by atomic mass is 19.1. The molecule has 0 N–H and O–H groups in total. The minimum absolute atomic E-state index is 0.288. The van der Waals surface area contributed by atoms with Crippen LogP contribution >= 0.6 is 0 Å². The number of nitrogens with zero attached hydrogens (tertiary/aromatic N) is 3. The van der Waals surface area contributed by atoms with E-state index in [1.54, 1.807) is 29.1 Å². The molecule has 0 fully saturated rings. The molecule has 0 amide bonds. The fourth-order valence-corrected chi connectivity index (χ4v) is 3.80. The van der Waals surface area contributed by atoms with Crippen molar-refractivity contribution in [2.75, 3.05) is 7.11 Å². The SMILES string of the molecule is C=C1C=C(C(=O)OC)C=CN1/C(C)=C(\CC)c1c(F)cccc1-c1cn(C)nc1C. The molecule has 5 nitrogen and oxygen atoms in total. The van der Waals surface area contributed by atoms with Crippen molar-refractivity contribution >= 4 is 11.5 Å². The van der Waals surface area contributed by atoms with Gasteiger partial charge in [-0.1, -0.05) is 25.6 Å². The Kier molecular flexibility index (Phi) is 6.06. The van der Waals surface area contributed by atoms with Crippen LogP contribution in [-0.4, -0.2) is 27.8 Å². The number of allylic oxidation sites excluding steroid dienone is 3. The van der Waals surface area contributed by atoms with Crippen molar-refractivity contribution in [2.45, 2.75) is 27.2 Å². The Labute approximate surface area is 176 Å². The lowest BCUT2D eigenvalue weighted by molar-refractivity contribution is -0.135. The van der Waals surface area contributed by atoms with E-state index in [2.05, 4.69) is 11.7 Å². The number of halogens is 1. The van der Waals surface area contributed by atoms with Crippen LogP contribution in [0.25, 0.3) is 16.7 Å². The van der Waals surface area contributed by atoms with E-state index >= 15 is 4.39 Å². The van der Waals surface area contributed by atoms with Gasteiger partial charge >= 0.3 is 5.97 Å². The van der Waals surface area contributed by atoms with Gasteiger partial charge in [0, 0.05) is 42.0 Å². The fraction of sp³-hybridized carbons (Fsp3) is 0.250. The molecular weight excluding hydrogens is 381 g/mol. The van der Waals surface area contributed by atoms with Gasteiger partial charge in [-0.25, -0.2) is 9.18 Å². The van der Waals surface area contributed by atoms with Crippen molar-refractivity contribution < 1.29 is 13.9 Å². The Morgan fingerprint density at radius 1 is 1.30 bits per heavy atom. The molecule has 0 unspecified atom stereocenters. The Morgan fingerprint density at radius 2 is 2.03 bits per heavy atom. The molecule has 1 aromatic heterocycles. The summed E-state index contributed by atoms with van der Waals surface area (Å²) in [5, 5.41) is 4.41. The number of aromatic nitrogens is 2. The van der Waals surface area contributed by atoms with Gasteiger partial charge in [0.25, 0.3) is 0 Å². The standard InChI is InChI=1S/C24H26FN3O2/c1-7-19(17(4)28-12-11-18(13-15(28)2)24(29)30-6)23-20(9-8-10-22(23)25)21-14-27(5)26-16(21)3/h8-14H,2,7H2,1,3-6H3/b19-17+. The van der Waals surface area contributed by atoms with Gasteiger partial charge in [-0.05, 0) is 49.6 Å². The second kappa shape index (κ2) is 8.53. The van der Waals surface area contributed by atoms with Crippen LogP contribution in [0.4, 0.5) is 4.39 Å². The third-order valence-electron chi connectivity index (χ3n) is 5.23. The van der Waals surface area contributed by atoms with E-state index in [-0.39, 0.29) is 5.82 Å². The van der Waals surface area contributed by atoms with Crippen LogP contribution in [0.1, 0.15) is 31.5 Å². The molecule has 1 aliphatic heterocycles. The number of benzene rings is 1. The van der Waals surface area contributed by atoms with Gasteiger partial charge in [0.05, 0.1) is 18.4 Å². The average Bonchev–Trinajstić information content (AvgIpc) is 3.06. The van der Waals surface area contributed by atoms with E-state index in [4.69, 9.17) is 4.74 Å². The molecular formula is C24H26FN3O2. The van der Waals surface area contributed by atoms with Crippen LogP contribution in [0, 0.1) is 12.7 Å². The summed E-state index contributed by atoms with van der Waals surface area (Å²) < 4.78 is 21.7. The maximum absolute atomic E-state index is 15.2. The molecule has 0 saturated carbocycles. The van der Waals surface area contributed by atoms with E-state index < -0.39 is 5.97 Å². The van der Waals surface area contributed by atoms with Crippen LogP contribution in [0.5, 0.6) is 0 Å². The summed E-state index contributed by atoms with van der Waals surface area (Å²) in [6, 6.07) is 5.11. The highest BCUT2D eigenvalue weighted by molar-refractivity contribution is 5.92. The molecule has 6 heteroatoms. The first-order chi connectivity index (χ1) is 14.3. The second-order valence-corrected chi connectivity index (χ2v) is 7.15. The number of methoxy groups -OCH3 is 1. The Hall–Kier alpha value is -3.41. The molecule has 1 aliphatic rings. The first-order valence-corrected chi connectivity index (χ1v) is 9.74. The molecule has 0 saturated heterocycles. The molecule has 30 heavy (non-hydrogen) atoms. The number of hydrogen-bond acceptors (Lipinski definition) is 4. The third kappa shape index (κ3) is 3.85. The number of hydrogen-bond donors (Lipinski definition) is 0. The summed E-state index contributed by atoms with van der Waals surface area (Å²) in [4.78, 5) is 13.7.